The zero-order valence-corrected chi connectivity index (χ0v) is 20.6. The summed E-state index contributed by atoms with van der Waals surface area (Å²) >= 11 is 1.47. The quantitative estimate of drug-likeness (QED) is 0.465. The van der Waals surface area contributed by atoms with E-state index in [1.165, 1.54) is 34.3 Å². The summed E-state index contributed by atoms with van der Waals surface area (Å²) in [5.41, 5.74) is 9.68. The monoisotopic (exact) mass is 487 g/mol. The van der Waals surface area contributed by atoms with Crippen molar-refractivity contribution < 1.29 is 4.79 Å². The van der Waals surface area contributed by atoms with Gasteiger partial charge in [-0.3, -0.25) is 14.2 Å². The third-order valence-corrected chi connectivity index (χ3v) is 8.78. The Morgan fingerprint density at radius 2 is 1.91 bits per heavy atom. The number of pyridine rings is 1. The van der Waals surface area contributed by atoms with Gasteiger partial charge in [-0.2, -0.15) is 0 Å². The molecule has 7 nitrogen and oxygen atoms in total. The Labute approximate surface area is 207 Å². The van der Waals surface area contributed by atoms with Gasteiger partial charge < -0.3 is 15.2 Å². The van der Waals surface area contributed by atoms with Crippen LogP contribution in [0, 0.1) is 0 Å². The lowest BCUT2D eigenvalue weighted by Crippen LogP contribution is -2.35. The van der Waals surface area contributed by atoms with Crippen molar-refractivity contribution in [3.8, 4) is 10.4 Å². The van der Waals surface area contributed by atoms with Gasteiger partial charge in [0.2, 0.25) is 5.91 Å². The van der Waals surface area contributed by atoms with Crippen molar-refractivity contribution in [1.82, 2.24) is 19.0 Å². The zero-order valence-electron chi connectivity index (χ0n) is 19.8. The van der Waals surface area contributed by atoms with Gasteiger partial charge in [-0.05, 0) is 75.0 Å². The molecule has 2 aliphatic heterocycles. The number of amides is 1. The Hall–Kier alpha value is -3.23. The van der Waals surface area contributed by atoms with Crippen molar-refractivity contribution in [3.63, 3.8) is 0 Å². The number of carbonyl (C=O) groups excluding carboxylic acids is 1. The number of thiophene rings is 1. The number of hydrogen-bond acceptors (Lipinski definition) is 5. The van der Waals surface area contributed by atoms with Crippen LogP contribution in [0.4, 0.5) is 0 Å². The molecule has 2 N–H and O–H groups in total. The van der Waals surface area contributed by atoms with E-state index in [1.54, 1.807) is 12.5 Å². The Balaban J connectivity index is 1.33. The predicted octanol–water partition coefficient (Wildman–Crippen LogP) is 3.76. The first kappa shape index (κ1) is 22.2. The molecule has 35 heavy (non-hydrogen) atoms. The highest BCUT2D eigenvalue weighted by Gasteiger charge is 2.30. The van der Waals surface area contributed by atoms with Crippen molar-refractivity contribution in [2.45, 2.75) is 44.2 Å². The van der Waals surface area contributed by atoms with Gasteiger partial charge in [0.05, 0.1) is 12.0 Å². The van der Waals surface area contributed by atoms with Crippen LogP contribution in [0.3, 0.4) is 0 Å². The standard InChI is InChI=1S/C27H29N5O2S/c1-30-12-8-18(9-13-30)17-4-6-19(7-5-17)22-15-20-10-14-32(27(34)25(20)35-22)24(26(28)33)23-21-3-2-11-31(21)16-29-23/h4-7,10,14-16,18,24H,2-3,8-9,11-13H2,1H3,(H2,28,33). The van der Waals surface area contributed by atoms with Crippen LogP contribution in [0.1, 0.15) is 48.2 Å². The van der Waals surface area contributed by atoms with E-state index in [0.29, 0.717) is 16.3 Å². The molecule has 3 aromatic heterocycles. The minimum atomic E-state index is -0.902. The number of piperidine rings is 1. The summed E-state index contributed by atoms with van der Waals surface area (Å²) < 4.78 is 4.13. The Morgan fingerprint density at radius 3 is 2.66 bits per heavy atom. The van der Waals surface area contributed by atoms with E-state index in [2.05, 4.69) is 47.3 Å². The lowest BCUT2D eigenvalue weighted by Gasteiger charge is -2.29. The molecule has 180 valence electrons. The molecule has 0 spiro atoms. The van der Waals surface area contributed by atoms with Crippen molar-refractivity contribution in [3.05, 3.63) is 76.2 Å². The fraction of sp³-hybridized carbons (Fsp3) is 0.370. The molecule has 1 amide bonds. The topological polar surface area (TPSA) is 86.2 Å². The maximum Gasteiger partial charge on any atom is 0.269 e. The molecule has 0 aliphatic carbocycles. The summed E-state index contributed by atoms with van der Waals surface area (Å²) in [6, 6.07) is 11.8. The lowest BCUT2D eigenvalue weighted by molar-refractivity contribution is -0.120. The van der Waals surface area contributed by atoms with Gasteiger partial charge in [0.15, 0.2) is 6.04 Å². The molecule has 2 aliphatic rings. The van der Waals surface area contributed by atoms with Crippen LogP contribution in [0.2, 0.25) is 0 Å². The summed E-state index contributed by atoms with van der Waals surface area (Å²) in [7, 11) is 2.18. The van der Waals surface area contributed by atoms with Gasteiger partial charge in [0, 0.05) is 28.7 Å². The molecule has 6 rings (SSSR count). The summed E-state index contributed by atoms with van der Waals surface area (Å²) in [5, 5.41) is 0.879. The number of primary amides is 1. The van der Waals surface area contributed by atoms with Crippen LogP contribution in [-0.4, -0.2) is 45.1 Å². The Bertz CT molecular complexity index is 1460. The summed E-state index contributed by atoms with van der Waals surface area (Å²) in [4.78, 5) is 33.9. The molecule has 4 aromatic rings. The molecule has 8 heteroatoms. The van der Waals surface area contributed by atoms with Crippen molar-refractivity contribution in [2.75, 3.05) is 20.1 Å². The third kappa shape index (κ3) is 3.90. The molecule has 0 bridgehead atoms. The number of hydrogen-bond donors (Lipinski definition) is 1. The molecule has 1 saturated heterocycles. The Morgan fingerprint density at radius 1 is 1.14 bits per heavy atom. The fourth-order valence-corrected chi connectivity index (χ4v) is 6.68. The Kier molecular flexibility index (Phi) is 5.57. The smallest absolute Gasteiger partial charge is 0.269 e. The van der Waals surface area contributed by atoms with E-state index < -0.39 is 11.9 Å². The van der Waals surface area contributed by atoms with Crippen LogP contribution in [0.25, 0.3) is 20.5 Å². The predicted molar refractivity (Wildman–Crippen MR) is 139 cm³/mol. The first-order valence-electron chi connectivity index (χ1n) is 12.3. The molecule has 1 fully saturated rings. The second kappa shape index (κ2) is 8.77. The molecule has 1 unspecified atom stereocenters. The molecular formula is C27H29N5O2S. The average Bonchev–Trinajstić information content (AvgIpc) is 3.58. The zero-order chi connectivity index (χ0) is 24.1. The van der Waals surface area contributed by atoms with Crippen molar-refractivity contribution >= 4 is 27.3 Å². The van der Waals surface area contributed by atoms with E-state index in [4.69, 9.17) is 5.73 Å². The van der Waals surface area contributed by atoms with E-state index in [0.717, 1.165) is 54.0 Å². The highest BCUT2D eigenvalue weighted by atomic mass is 32.1. The van der Waals surface area contributed by atoms with Crippen LogP contribution in [-0.2, 0) is 17.8 Å². The molecule has 0 saturated carbocycles. The van der Waals surface area contributed by atoms with E-state index in [-0.39, 0.29) is 5.56 Å². The average molecular weight is 488 g/mol. The third-order valence-electron chi connectivity index (χ3n) is 7.59. The highest BCUT2D eigenvalue weighted by Crippen LogP contribution is 2.35. The molecular weight excluding hydrogens is 458 g/mol. The van der Waals surface area contributed by atoms with E-state index in [9.17, 15) is 9.59 Å². The van der Waals surface area contributed by atoms with Crippen LogP contribution >= 0.6 is 11.3 Å². The normalized spacial score (nSPS) is 17.6. The maximum atomic E-state index is 13.5. The van der Waals surface area contributed by atoms with Crippen LogP contribution in [0.5, 0.6) is 0 Å². The van der Waals surface area contributed by atoms with Crippen molar-refractivity contribution in [1.29, 1.82) is 0 Å². The van der Waals surface area contributed by atoms with E-state index in [1.807, 2.05) is 10.6 Å². The van der Waals surface area contributed by atoms with E-state index >= 15 is 0 Å². The second-order valence-corrected chi connectivity index (χ2v) is 10.9. The van der Waals surface area contributed by atoms with Crippen LogP contribution in [0.15, 0.2) is 53.7 Å². The number of benzene rings is 1. The van der Waals surface area contributed by atoms with Crippen LogP contribution < -0.4 is 11.3 Å². The number of nitrogens with two attached hydrogens (primary N) is 1. The maximum absolute atomic E-state index is 13.5. The number of rotatable bonds is 5. The van der Waals surface area contributed by atoms with Gasteiger partial charge in [0.1, 0.15) is 4.70 Å². The van der Waals surface area contributed by atoms with Crippen molar-refractivity contribution in [2.24, 2.45) is 5.73 Å². The number of carbonyl (C=O) groups is 1. The summed E-state index contributed by atoms with van der Waals surface area (Å²) in [5.74, 6) is 0.0473. The molecule has 0 radical (unpaired) electrons. The SMILES string of the molecule is CN1CCC(c2ccc(-c3cc4ccn(C(C(N)=O)c5ncn6c5CCC6)c(=O)c4s3)cc2)CC1. The number of imidazole rings is 1. The largest absolute Gasteiger partial charge is 0.368 e. The van der Waals surface area contributed by atoms with Gasteiger partial charge in [0.25, 0.3) is 5.56 Å². The van der Waals surface area contributed by atoms with Gasteiger partial charge in [-0.1, -0.05) is 24.3 Å². The van der Waals surface area contributed by atoms with Gasteiger partial charge in [-0.15, -0.1) is 11.3 Å². The minimum Gasteiger partial charge on any atom is -0.368 e. The van der Waals surface area contributed by atoms with Gasteiger partial charge in [-0.25, -0.2) is 4.98 Å². The fourth-order valence-electron chi connectivity index (χ4n) is 5.59. The molecule has 5 heterocycles. The first-order chi connectivity index (χ1) is 17.0. The second-order valence-electron chi connectivity index (χ2n) is 9.80. The number of aryl methyl sites for hydroxylation is 1. The molecule has 1 atom stereocenters. The summed E-state index contributed by atoms with van der Waals surface area (Å²) in [6.07, 6.45) is 7.66. The first-order valence-corrected chi connectivity index (χ1v) is 13.1. The minimum absolute atomic E-state index is 0.203. The number of likely N-dealkylation sites (tertiary alicyclic amines) is 1. The van der Waals surface area contributed by atoms with Gasteiger partial charge >= 0.3 is 0 Å². The number of nitrogens with zero attached hydrogens (tertiary/aromatic N) is 4. The summed E-state index contributed by atoms with van der Waals surface area (Å²) in [6.45, 7) is 3.17. The lowest BCUT2D eigenvalue weighted by atomic mass is 9.89. The number of aromatic nitrogens is 3. The number of fused-ring (bicyclic) bond motifs is 2. The highest BCUT2D eigenvalue weighted by molar-refractivity contribution is 7.22. The molecule has 1 aromatic carbocycles.